The minimum Gasteiger partial charge on any atom is -0.463 e. The molecule has 0 amide bonds. The van der Waals surface area contributed by atoms with Crippen molar-refractivity contribution >= 4 is 11.8 Å². The standard InChI is InChI=1S/C12H22O3/c1-4-5-6-7-12(14)9-8-10(2)15-11(3)13/h10H,4-9H2,1-3H3/t10-/m1/s1. The van der Waals surface area contributed by atoms with Gasteiger partial charge in [0.25, 0.3) is 0 Å². The molecule has 0 aromatic rings. The van der Waals surface area contributed by atoms with Gasteiger partial charge < -0.3 is 4.74 Å². The van der Waals surface area contributed by atoms with Crippen molar-refractivity contribution in [3.63, 3.8) is 0 Å². The molecular weight excluding hydrogens is 192 g/mol. The zero-order chi connectivity index (χ0) is 11.7. The van der Waals surface area contributed by atoms with E-state index in [1.165, 1.54) is 6.92 Å². The monoisotopic (exact) mass is 214 g/mol. The van der Waals surface area contributed by atoms with Crippen LogP contribution < -0.4 is 0 Å². The highest BCUT2D eigenvalue weighted by molar-refractivity contribution is 5.78. The van der Waals surface area contributed by atoms with Crippen LogP contribution >= 0.6 is 0 Å². The molecule has 0 aromatic heterocycles. The number of Topliss-reactive ketones (excluding diaryl/α,β-unsaturated/α-hetero) is 1. The summed E-state index contributed by atoms with van der Waals surface area (Å²) in [7, 11) is 0. The molecule has 0 heterocycles. The highest BCUT2D eigenvalue weighted by Crippen LogP contribution is 2.07. The van der Waals surface area contributed by atoms with E-state index in [4.69, 9.17) is 4.74 Å². The predicted octanol–water partition coefficient (Wildman–Crippen LogP) is 2.87. The molecule has 0 bridgehead atoms. The molecule has 0 unspecified atom stereocenters. The average Bonchev–Trinajstić information content (AvgIpc) is 2.14. The first-order valence-corrected chi connectivity index (χ1v) is 5.75. The fourth-order valence-electron chi connectivity index (χ4n) is 1.40. The van der Waals surface area contributed by atoms with Gasteiger partial charge in [-0.3, -0.25) is 9.59 Å². The number of carbonyl (C=O) groups is 2. The minimum absolute atomic E-state index is 0.141. The van der Waals surface area contributed by atoms with Crippen molar-refractivity contribution < 1.29 is 14.3 Å². The number of hydrogen-bond acceptors (Lipinski definition) is 3. The Bertz CT molecular complexity index is 199. The fraction of sp³-hybridized carbons (Fsp3) is 0.833. The summed E-state index contributed by atoms with van der Waals surface area (Å²) in [6.07, 6.45) is 4.93. The molecule has 0 saturated heterocycles. The first-order chi connectivity index (χ1) is 7.06. The van der Waals surface area contributed by atoms with Gasteiger partial charge in [-0.1, -0.05) is 19.8 Å². The normalized spacial score (nSPS) is 12.2. The Balaban J connectivity index is 3.48. The van der Waals surface area contributed by atoms with Crippen molar-refractivity contribution in [1.29, 1.82) is 0 Å². The highest BCUT2D eigenvalue weighted by Gasteiger charge is 2.08. The molecule has 3 heteroatoms. The van der Waals surface area contributed by atoms with Crippen molar-refractivity contribution in [1.82, 2.24) is 0 Å². The summed E-state index contributed by atoms with van der Waals surface area (Å²) in [5, 5.41) is 0. The molecule has 0 aromatic carbocycles. The molecule has 0 aliphatic rings. The van der Waals surface area contributed by atoms with Gasteiger partial charge in [0.2, 0.25) is 0 Å². The number of ketones is 1. The lowest BCUT2D eigenvalue weighted by molar-refractivity contribution is -0.146. The Kier molecular flexibility index (Phi) is 7.96. The van der Waals surface area contributed by atoms with E-state index in [1.807, 2.05) is 6.92 Å². The number of esters is 1. The molecule has 0 rings (SSSR count). The maximum Gasteiger partial charge on any atom is 0.302 e. The van der Waals surface area contributed by atoms with Crippen LogP contribution in [0.25, 0.3) is 0 Å². The lowest BCUT2D eigenvalue weighted by Crippen LogP contribution is -2.13. The molecule has 0 N–H and O–H groups in total. The van der Waals surface area contributed by atoms with Crippen molar-refractivity contribution in [2.24, 2.45) is 0 Å². The molecule has 0 fully saturated rings. The van der Waals surface area contributed by atoms with E-state index < -0.39 is 0 Å². The molecule has 0 aliphatic heterocycles. The highest BCUT2D eigenvalue weighted by atomic mass is 16.5. The van der Waals surface area contributed by atoms with Crippen LogP contribution in [0.1, 0.15) is 59.3 Å². The van der Waals surface area contributed by atoms with Crippen LogP contribution in [0.5, 0.6) is 0 Å². The molecule has 0 spiro atoms. The van der Waals surface area contributed by atoms with Crippen molar-refractivity contribution in [3.05, 3.63) is 0 Å². The largest absolute Gasteiger partial charge is 0.463 e. The number of rotatable bonds is 8. The molecule has 1 atom stereocenters. The van der Waals surface area contributed by atoms with Crippen LogP contribution in [0.2, 0.25) is 0 Å². The topological polar surface area (TPSA) is 43.4 Å². The third-order valence-corrected chi connectivity index (χ3v) is 2.26. The quantitative estimate of drug-likeness (QED) is 0.461. The van der Waals surface area contributed by atoms with Crippen LogP contribution in [-0.2, 0) is 14.3 Å². The van der Waals surface area contributed by atoms with E-state index in [-0.39, 0.29) is 17.9 Å². The van der Waals surface area contributed by atoms with Crippen molar-refractivity contribution in [2.45, 2.75) is 65.4 Å². The molecule has 0 aliphatic carbocycles. The van der Waals surface area contributed by atoms with Gasteiger partial charge >= 0.3 is 5.97 Å². The zero-order valence-electron chi connectivity index (χ0n) is 10.0. The summed E-state index contributed by atoms with van der Waals surface area (Å²) >= 11 is 0. The van der Waals surface area contributed by atoms with Gasteiger partial charge in [-0.05, 0) is 19.8 Å². The second kappa shape index (κ2) is 8.45. The van der Waals surface area contributed by atoms with Crippen LogP contribution in [0.3, 0.4) is 0 Å². The minimum atomic E-state index is -0.277. The Labute approximate surface area is 92.2 Å². The summed E-state index contributed by atoms with van der Waals surface area (Å²) in [6, 6.07) is 0. The Morgan fingerprint density at radius 3 is 2.40 bits per heavy atom. The first kappa shape index (κ1) is 14.1. The van der Waals surface area contributed by atoms with Gasteiger partial charge in [0.05, 0.1) is 6.10 Å². The second-order valence-electron chi connectivity index (χ2n) is 3.95. The van der Waals surface area contributed by atoms with Crippen molar-refractivity contribution in [2.75, 3.05) is 0 Å². The van der Waals surface area contributed by atoms with E-state index in [0.717, 1.165) is 19.3 Å². The molecule has 88 valence electrons. The summed E-state index contributed by atoms with van der Waals surface area (Å²) < 4.78 is 4.94. The first-order valence-electron chi connectivity index (χ1n) is 5.75. The van der Waals surface area contributed by atoms with Gasteiger partial charge in [0, 0.05) is 19.8 Å². The smallest absolute Gasteiger partial charge is 0.302 e. The van der Waals surface area contributed by atoms with E-state index >= 15 is 0 Å². The lowest BCUT2D eigenvalue weighted by Gasteiger charge is -2.10. The van der Waals surface area contributed by atoms with Crippen LogP contribution in [0.15, 0.2) is 0 Å². The third-order valence-electron chi connectivity index (χ3n) is 2.26. The van der Waals surface area contributed by atoms with Crippen LogP contribution in [0.4, 0.5) is 0 Å². The Hall–Kier alpha value is -0.860. The molecule has 15 heavy (non-hydrogen) atoms. The third kappa shape index (κ3) is 9.44. The van der Waals surface area contributed by atoms with E-state index in [1.54, 1.807) is 0 Å². The SMILES string of the molecule is CCCCCC(=O)CC[C@@H](C)OC(C)=O. The van der Waals surface area contributed by atoms with Gasteiger partial charge in [0.1, 0.15) is 5.78 Å². The van der Waals surface area contributed by atoms with E-state index in [9.17, 15) is 9.59 Å². The van der Waals surface area contributed by atoms with Gasteiger partial charge in [-0.25, -0.2) is 0 Å². The van der Waals surface area contributed by atoms with Crippen LogP contribution in [-0.4, -0.2) is 17.9 Å². The van der Waals surface area contributed by atoms with Crippen LogP contribution in [0, 0.1) is 0 Å². The maximum absolute atomic E-state index is 11.4. The molecule has 0 radical (unpaired) electrons. The fourth-order valence-corrected chi connectivity index (χ4v) is 1.40. The van der Waals surface area contributed by atoms with E-state index in [0.29, 0.717) is 19.3 Å². The molecule has 0 saturated carbocycles. The predicted molar refractivity (Wildman–Crippen MR) is 59.6 cm³/mol. The van der Waals surface area contributed by atoms with E-state index in [2.05, 4.69) is 6.92 Å². The second-order valence-corrected chi connectivity index (χ2v) is 3.95. The number of ether oxygens (including phenoxy) is 1. The van der Waals surface area contributed by atoms with Gasteiger partial charge in [0.15, 0.2) is 0 Å². The average molecular weight is 214 g/mol. The van der Waals surface area contributed by atoms with Gasteiger partial charge in [-0.2, -0.15) is 0 Å². The summed E-state index contributed by atoms with van der Waals surface area (Å²) in [4.78, 5) is 22.0. The zero-order valence-corrected chi connectivity index (χ0v) is 10.0. The molecular formula is C12H22O3. The summed E-state index contributed by atoms with van der Waals surface area (Å²) in [6.45, 7) is 5.33. The lowest BCUT2D eigenvalue weighted by atomic mass is 10.1. The van der Waals surface area contributed by atoms with Gasteiger partial charge in [-0.15, -0.1) is 0 Å². The molecule has 3 nitrogen and oxygen atoms in total. The van der Waals surface area contributed by atoms with Crippen molar-refractivity contribution in [3.8, 4) is 0 Å². The Morgan fingerprint density at radius 1 is 1.20 bits per heavy atom. The summed E-state index contributed by atoms with van der Waals surface area (Å²) in [5.41, 5.74) is 0. The summed E-state index contributed by atoms with van der Waals surface area (Å²) in [5.74, 6) is 0.00313. The Morgan fingerprint density at radius 2 is 1.87 bits per heavy atom. The number of carbonyl (C=O) groups excluding carboxylic acids is 2. The maximum atomic E-state index is 11.4. The number of unbranched alkanes of at least 4 members (excludes halogenated alkanes) is 2. The number of hydrogen-bond donors (Lipinski definition) is 0.